The number of nitrogens with two attached hydrogens (primary N) is 1. The zero-order valence-corrected chi connectivity index (χ0v) is 8.34. The SMILES string of the molecule is NCCCOOOCC[SiH3]. The molecule has 10 heavy (non-hydrogen) atoms. The van der Waals surface area contributed by atoms with Crippen LogP contribution >= 0.6 is 0 Å². The number of hydrogen-bond donors (Lipinski definition) is 1. The van der Waals surface area contributed by atoms with Gasteiger partial charge in [0, 0.05) is 10.2 Å². The molecular weight excluding hydrogens is 150 g/mol. The van der Waals surface area contributed by atoms with Crippen LogP contribution in [0.25, 0.3) is 0 Å². The van der Waals surface area contributed by atoms with Crippen LogP contribution in [-0.2, 0) is 14.8 Å². The molecule has 0 bridgehead atoms. The highest BCUT2D eigenvalue weighted by Crippen LogP contribution is 1.85. The Labute approximate surface area is 63.9 Å². The van der Waals surface area contributed by atoms with Crippen molar-refractivity contribution in [3.63, 3.8) is 0 Å². The van der Waals surface area contributed by atoms with Crippen molar-refractivity contribution in [3.8, 4) is 0 Å². The van der Waals surface area contributed by atoms with Gasteiger partial charge in [-0.2, -0.15) is 0 Å². The fourth-order valence-electron chi connectivity index (χ4n) is 0.328. The van der Waals surface area contributed by atoms with Crippen LogP contribution in [0, 0.1) is 0 Å². The van der Waals surface area contributed by atoms with Crippen LogP contribution in [0.5, 0.6) is 0 Å². The first-order valence-corrected chi connectivity index (χ1v) is 4.94. The van der Waals surface area contributed by atoms with Crippen LogP contribution in [0.3, 0.4) is 0 Å². The summed E-state index contributed by atoms with van der Waals surface area (Å²) >= 11 is 0. The van der Waals surface area contributed by atoms with E-state index in [4.69, 9.17) is 5.73 Å². The highest BCUT2D eigenvalue weighted by atomic mass is 28.1. The van der Waals surface area contributed by atoms with Crippen molar-refractivity contribution in [2.24, 2.45) is 5.73 Å². The Balaban J connectivity index is 2.65. The second kappa shape index (κ2) is 9.06. The zero-order valence-electron chi connectivity index (χ0n) is 6.34. The van der Waals surface area contributed by atoms with Crippen molar-refractivity contribution >= 4 is 10.2 Å². The molecule has 0 unspecified atom stereocenters. The van der Waals surface area contributed by atoms with Crippen molar-refractivity contribution in [2.75, 3.05) is 19.8 Å². The zero-order chi connectivity index (χ0) is 7.66. The average molecular weight is 165 g/mol. The van der Waals surface area contributed by atoms with E-state index in [9.17, 15) is 0 Å². The maximum atomic E-state index is 5.20. The Kier molecular flexibility index (Phi) is 9.11. The molecule has 4 nitrogen and oxygen atoms in total. The van der Waals surface area contributed by atoms with Gasteiger partial charge >= 0.3 is 0 Å². The average Bonchev–Trinajstić information content (AvgIpc) is 1.97. The molecule has 2 N–H and O–H groups in total. The molecule has 0 amide bonds. The lowest BCUT2D eigenvalue weighted by Gasteiger charge is -1.99. The predicted octanol–water partition coefficient (Wildman–Crippen LogP) is -1.00. The van der Waals surface area contributed by atoms with Crippen molar-refractivity contribution in [3.05, 3.63) is 0 Å². The summed E-state index contributed by atoms with van der Waals surface area (Å²) in [6, 6.07) is 1.06. The van der Waals surface area contributed by atoms with Crippen LogP contribution in [0.15, 0.2) is 0 Å². The highest BCUT2D eigenvalue weighted by Gasteiger charge is 1.87. The van der Waals surface area contributed by atoms with E-state index in [0.29, 0.717) is 19.8 Å². The molecule has 0 aliphatic rings. The molecule has 62 valence electrons. The third-order valence-electron chi connectivity index (χ3n) is 0.815. The van der Waals surface area contributed by atoms with Gasteiger partial charge in [-0.15, -0.1) is 0 Å². The van der Waals surface area contributed by atoms with Crippen molar-refractivity contribution in [2.45, 2.75) is 12.5 Å². The largest absolute Gasteiger partial charge is 0.330 e. The van der Waals surface area contributed by atoms with Crippen LogP contribution < -0.4 is 5.73 Å². The van der Waals surface area contributed by atoms with E-state index in [1.807, 2.05) is 0 Å². The molecule has 0 fully saturated rings. The monoisotopic (exact) mass is 165 g/mol. The second-order valence-corrected chi connectivity index (χ2v) is 2.85. The molecule has 0 rings (SSSR count). The van der Waals surface area contributed by atoms with Crippen molar-refractivity contribution in [1.82, 2.24) is 0 Å². The lowest BCUT2D eigenvalue weighted by molar-refractivity contribution is -0.511. The molecule has 0 saturated carbocycles. The van der Waals surface area contributed by atoms with Gasteiger partial charge in [0.2, 0.25) is 0 Å². The summed E-state index contributed by atoms with van der Waals surface area (Å²) in [5.41, 5.74) is 5.20. The summed E-state index contributed by atoms with van der Waals surface area (Å²) in [5, 5.41) is 4.34. The fourth-order valence-corrected chi connectivity index (χ4v) is 0.494. The lowest BCUT2D eigenvalue weighted by Crippen LogP contribution is -2.05. The summed E-state index contributed by atoms with van der Waals surface area (Å²) in [6.07, 6.45) is 0.796. The van der Waals surface area contributed by atoms with Crippen molar-refractivity contribution < 1.29 is 14.8 Å². The van der Waals surface area contributed by atoms with Crippen LogP contribution in [0.4, 0.5) is 0 Å². The molecule has 0 spiro atoms. The molecule has 0 saturated heterocycles. The molecular formula is C5H15NO3Si. The Morgan fingerprint density at radius 1 is 1.20 bits per heavy atom. The summed E-state index contributed by atoms with van der Waals surface area (Å²) in [6.45, 7) is 1.73. The summed E-state index contributed by atoms with van der Waals surface area (Å²) in [4.78, 5) is 9.19. The maximum Gasteiger partial charge on any atom is 0.0865 e. The number of rotatable bonds is 7. The van der Waals surface area contributed by atoms with Gasteiger partial charge in [0.25, 0.3) is 0 Å². The Morgan fingerprint density at radius 3 is 2.50 bits per heavy atom. The fraction of sp³-hybridized carbons (Fsp3) is 1.00. The first-order valence-electron chi connectivity index (χ1n) is 3.53. The summed E-state index contributed by atoms with van der Waals surface area (Å²) < 4.78 is 0. The van der Waals surface area contributed by atoms with E-state index in [2.05, 4.69) is 14.8 Å². The molecule has 0 aliphatic heterocycles. The second-order valence-electron chi connectivity index (χ2n) is 1.85. The normalized spacial score (nSPS) is 10.5. The summed E-state index contributed by atoms with van der Waals surface area (Å²) in [5.74, 6) is 0. The van der Waals surface area contributed by atoms with Gasteiger partial charge in [0.15, 0.2) is 0 Å². The van der Waals surface area contributed by atoms with Gasteiger partial charge in [-0.1, -0.05) is 5.04 Å². The molecule has 0 aromatic rings. The van der Waals surface area contributed by atoms with E-state index in [1.54, 1.807) is 0 Å². The van der Waals surface area contributed by atoms with Gasteiger partial charge in [0.1, 0.15) is 0 Å². The van der Waals surface area contributed by atoms with E-state index < -0.39 is 0 Å². The third kappa shape index (κ3) is 8.06. The highest BCUT2D eigenvalue weighted by molar-refractivity contribution is 6.08. The molecule has 0 aromatic carbocycles. The minimum absolute atomic E-state index is 0.498. The molecule has 0 heterocycles. The minimum Gasteiger partial charge on any atom is -0.330 e. The van der Waals surface area contributed by atoms with Gasteiger partial charge in [-0.3, -0.25) is 0 Å². The first-order chi connectivity index (χ1) is 4.91. The Bertz CT molecular complexity index is 56.9. The van der Waals surface area contributed by atoms with E-state index in [1.165, 1.54) is 0 Å². The lowest BCUT2D eigenvalue weighted by atomic mass is 10.5. The van der Waals surface area contributed by atoms with Crippen LogP contribution in [-0.4, -0.2) is 30.0 Å². The van der Waals surface area contributed by atoms with E-state index in [-0.39, 0.29) is 0 Å². The molecule has 5 heteroatoms. The smallest absolute Gasteiger partial charge is 0.0865 e. The van der Waals surface area contributed by atoms with Gasteiger partial charge in [-0.05, 0) is 19.0 Å². The molecule has 0 radical (unpaired) electrons. The van der Waals surface area contributed by atoms with Crippen LogP contribution in [0.2, 0.25) is 6.04 Å². The van der Waals surface area contributed by atoms with Crippen LogP contribution in [0.1, 0.15) is 6.42 Å². The maximum absolute atomic E-state index is 5.20. The third-order valence-corrected chi connectivity index (χ3v) is 1.22. The first kappa shape index (κ1) is 10.1. The Morgan fingerprint density at radius 2 is 1.90 bits per heavy atom. The molecule has 0 aromatic heterocycles. The topological polar surface area (TPSA) is 53.7 Å². The quantitative estimate of drug-likeness (QED) is 0.227. The van der Waals surface area contributed by atoms with Gasteiger partial charge < -0.3 is 5.73 Å². The van der Waals surface area contributed by atoms with Gasteiger partial charge in [-0.25, -0.2) is 9.78 Å². The Hall–Kier alpha value is 0.0569. The van der Waals surface area contributed by atoms with E-state index >= 15 is 0 Å². The van der Waals surface area contributed by atoms with E-state index in [0.717, 1.165) is 22.7 Å². The van der Waals surface area contributed by atoms with Gasteiger partial charge in [0.05, 0.1) is 13.2 Å². The standard InChI is InChI=1S/C5H15NO3Si/c6-2-1-3-7-9-8-4-5-10/h1-6H2,10H3. The molecule has 0 atom stereocenters. The number of hydrogen-bond acceptors (Lipinski definition) is 4. The summed E-state index contributed by atoms with van der Waals surface area (Å²) in [7, 11) is 1.13. The predicted molar refractivity (Wildman–Crippen MR) is 41.4 cm³/mol. The minimum atomic E-state index is 0.498. The van der Waals surface area contributed by atoms with Crippen molar-refractivity contribution in [1.29, 1.82) is 0 Å². The molecule has 0 aliphatic carbocycles.